The fourth-order valence-corrected chi connectivity index (χ4v) is 3.03. The Kier molecular flexibility index (Phi) is 4.14. The second-order valence-corrected chi connectivity index (χ2v) is 5.96. The van der Waals surface area contributed by atoms with E-state index in [1.54, 1.807) is 0 Å². The first kappa shape index (κ1) is 12.2. The molecule has 0 aromatic heterocycles. The summed E-state index contributed by atoms with van der Waals surface area (Å²) in [5.74, 6) is 1.18. The average Bonchev–Trinajstić information content (AvgIpc) is 3.04. The molecule has 2 atom stereocenters. The molecular weight excluding hydrogens is 218 g/mol. The Hall–Kier alpha value is -0.220. The number of hydrogen-bond donors (Lipinski definition) is 1. The van der Waals surface area contributed by atoms with E-state index in [9.17, 15) is 0 Å². The van der Waals surface area contributed by atoms with Crippen molar-refractivity contribution in [2.75, 3.05) is 19.3 Å². The Morgan fingerprint density at radius 3 is 2.88 bits per heavy atom. The molecule has 2 fully saturated rings. The smallest absolute Gasteiger partial charge is 0.156 e. The third kappa shape index (κ3) is 3.14. The van der Waals surface area contributed by atoms with Crippen LogP contribution in [0.3, 0.4) is 0 Å². The molecule has 2 aliphatic rings. The third-order valence-corrected chi connectivity index (χ3v) is 4.65. The lowest BCUT2D eigenvalue weighted by Crippen LogP contribution is -2.34. The molecule has 0 radical (unpaired) electrons. The fourth-order valence-electron chi connectivity index (χ4n) is 1.93. The predicted molar refractivity (Wildman–Crippen MR) is 72.2 cm³/mol. The summed E-state index contributed by atoms with van der Waals surface area (Å²) in [6.07, 6.45) is 3.95. The Morgan fingerprint density at radius 2 is 2.31 bits per heavy atom. The van der Waals surface area contributed by atoms with Crippen LogP contribution in [0.4, 0.5) is 0 Å². The monoisotopic (exact) mass is 241 g/mol. The molecule has 0 aromatic carbocycles. The largest absolute Gasteiger partial charge is 0.361 e. The maximum atomic E-state index is 4.68. The van der Waals surface area contributed by atoms with E-state index in [1.807, 2.05) is 11.8 Å². The van der Waals surface area contributed by atoms with Crippen LogP contribution in [0.5, 0.6) is 0 Å². The molecule has 0 aromatic rings. The van der Waals surface area contributed by atoms with Gasteiger partial charge in [-0.1, -0.05) is 18.7 Å². The Bertz CT molecular complexity index is 263. The van der Waals surface area contributed by atoms with Gasteiger partial charge in [0.15, 0.2) is 5.17 Å². The number of aliphatic imine (C=N–C) groups is 1. The number of rotatable bonds is 5. The van der Waals surface area contributed by atoms with E-state index < -0.39 is 0 Å². The Labute approximate surface area is 103 Å². The molecule has 1 aliphatic carbocycles. The van der Waals surface area contributed by atoms with E-state index in [0.717, 1.165) is 17.8 Å². The third-order valence-electron chi connectivity index (χ3n) is 3.56. The van der Waals surface area contributed by atoms with Gasteiger partial charge in [-0.25, -0.2) is 0 Å². The minimum Gasteiger partial charge on any atom is -0.361 e. The molecule has 1 saturated carbocycles. The van der Waals surface area contributed by atoms with Gasteiger partial charge in [-0.15, -0.1) is 0 Å². The van der Waals surface area contributed by atoms with Crippen molar-refractivity contribution in [3.05, 3.63) is 0 Å². The molecule has 2 unspecified atom stereocenters. The average molecular weight is 241 g/mol. The first-order chi connectivity index (χ1) is 7.70. The summed E-state index contributed by atoms with van der Waals surface area (Å²) in [6, 6.07) is 2.05. The van der Waals surface area contributed by atoms with Gasteiger partial charge in [0.2, 0.25) is 0 Å². The number of hydrogen-bond acceptors (Lipinski definition) is 3. The van der Waals surface area contributed by atoms with Crippen LogP contribution < -0.4 is 5.32 Å². The first-order valence-corrected chi connectivity index (χ1v) is 7.35. The van der Waals surface area contributed by atoms with E-state index in [4.69, 9.17) is 0 Å². The minimum absolute atomic E-state index is 0.572. The highest BCUT2D eigenvalue weighted by molar-refractivity contribution is 8.14. The van der Waals surface area contributed by atoms with Crippen LogP contribution >= 0.6 is 11.8 Å². The summed E-state index contributed by atoms with van der Waals surface area (Å²) >= 11 is 1.87. The number of likely N-dealkylation sites (N-methyl/N-ethyl adjacent to an activating group) is 1. The van der Waals surface area contributed by atoms with Gasteiger partial charge in [0.25, 0.3) is 0 Å². The van der Waals surface area contributed by atoms with Crippen LogP contribution in [-0.2, 0) is 0 Å². The van der Waals surface area contributed by atoms with Gasteiger partial charge in [-0.2, -0.15) is 0 Å². The lowest BCUT2D eigenvalue weighted by Gasteiger charge is -2.22. The van der Waals surface area contributed by atoms with Crippen molar-refractivity contribution in [1.29, 1.82) is 0 Å². The summed E-state index contributed by atoms with van der Waals surface area (Å²) in [4.78, 5) is 7.15. The van der Waals surface area contributed by atoms with Gasteiger partial charge in [-0.3, -0.25) is 9.89 Å². The highest BCUT2D eigenvalue weighted by Gasteiger charge is 2.29. The maximum absolute atomic E-state index is 4.68. The summed E-state index contributed by atoms with van der Waals surface area (Å²) in [7, 11) is 2.23. The quantitative estimate of drug-likeness (QED) is 0.797. The molecule has 4 heteroatoms. The molecule has 0 bridgehead atoms. The molecule has 92 valence electrons. The zero-order valence-electron chi connectivity index (χ0n) is 10.6. The molecule has 0 amide bonds. The highest BCUT2D eigenvalue weighted by Crippen LogP contribution is 2.27. The predicted octanol–water partition coefficient (Wildman–Crippen LogP) is 1.94. The van der Waals surface area contributed by atoms with Gasteiger partial charge in [0.1, 0.15) is 0 Å². The van der Waals surface area contributed by atoms with Gasteiger partial charge < -0.3 is 5.32 Å². The van der Waals surface area contributed by atoms with Crippen molar-refractivity contribution < 1.29 is 0 Å². The van der Waals surface area contributed by atoms with Crippen LogP contribution in [0.15, 0.2) is 4.99 Å². The topological polar surface area (TPSA) is 27.6 Å². The number of amidine groups is 1. The van der Waals surface area contributed by atoms with Crippen molar-refractivity contribution in [3.8, 4) is 0 Å². The minimum atomic E-state index is 0.572. The van der Waals surface area contributed by atoms with E-state index in [1.165, 1.54) is 25.0 Å². The fraction of sp³-hybridized carbons (Fsp3) is 0.917. The molecule has 1 heterocycles. The number of thioether (sulfide) groups is 1. The summed E-state index contributed by atoms with van der Waals surface area (Å²) < 4.78 is 0. The normalized spacial score (nSPS) is 29.8. The summed E-state index contributed by atoms with van der Waals surface area (Å²) in [5, 5.41) is 4.63. The van der Waals surface area contributed by atoms with Crippen molar-refractivity contribution in [1.82, 2.24) is 10.2 Å². The number of nitrogens with zero attached hydrogens (tertiary/aromatic N) is 2. The highest BCUT2D eigenvalue weighted by atomic mass is 32.2. The second-order valence-electron chi connectivity index (χ2n) is 4.95. The van der Waals surface area contributed by atoms with E-state index >= 15 is 0 Å². The van der Waals surface area contributed by atoms with E-state index in [2.05, 4.69) is 36.1 Å². The summed E-state index contributed by atoms with van der Waals surface area (Å²) in [6.45, 7) is 5.43. The molecule has 3 nitrogen and oxygen atoms in total. The van der Waals surface area contributed by atoms with Gasteiger partial charge in [0, 0.05) is 23.9 Å². The standard InChI is InChI=1S/C12H23N3S/c1-4-10-8-16-12(14-10)13-7-9(2)15(3)11-5-6-11/h9-11H,4-8H2,1-3H3,(H,13,14). The van der Waals surface area contributed by atoms with Crippen LogP contribution in [-0.4, -0.2) is 47.5 Å². The van der Waals surface area contributed by atoms with Crippen LogP contribution in [0, 0.1) is 0 Å². The van der Waals surface area contributed by atoms with Crippen LogP contribution in [0.25, 0.3) is 0 Å². The Balaban J connectivity index is 1.75. The van der Waals surface area contributed by atoms with E-state index in [0.29, 0.717) is 12.1 Å². The zero-order valence-corrected chi connectivity index (χ0v) is 11.4. The van der Waals surface area contributed by atoms with Crippen LogP contribution in [0.2, 0.25) is 0 Å². The molecule has 2 rings (SSSR count). The second kappa shape index (κ2) is 5.41. The van der Waals surface area contributed by atoms with Crippen LogP contribution in [0.1, 0.15) is 33.1 Å². The Morgan fingerprint density at radius 1 is 1.56 bits per heavy atom. The lowest BCUT2D eigenvalue weighted by atomic mass is 10.3. The molecule has 1 saturated heterocycles. The lowest BCUT2D eigenvalue weighted by molar-refractivity contribution is 0.253. The van der Waals surface area contributed by atoms with Gasteiger partial charge in [0.05, 0.1) is 6.54 Å². The van der Waals surface area contributed by atoms with Crippen molar-refractivity contribution in [3.63, 3.8) is 0 Å². The zero-order chi connectivity index (χ0) is 11.5. The van der Waals surface area contributed by atoms with Crippen molar-refractivity contribution >= 4 is 16.9 Å². The first-order valence-electron chi connectivity index (χ1n) is 6.36. The molecular formula is C12H23N3S. The molecule has 1 N–H and O–H groups in total. The van der Waals surface area contributed by atoms with Crippen molar-refractivity contribution in [2.45, 2.75) is 51.2 Å². The molecule has 0 spiro atoms. The number of nitrogens with one attached hydrogen (secondary N) is 1. The summed E-state index contributed by atoms with van der Waals surface area (Å²) in [5.41, 5.74) is 0. The van der Waals surface area contributed by atoms with Gasteiger partial charge >= 0.3 is 0 Å². The van der Waals surface area contributed by atoms with Gasteiger partial charge in [-0.05, 0) is 33.2 Å². The van der Waals surface area contributed by atoms with Crippen molar-refractivity contribution in [2.24, 2.45) is 4.99 Å². The SMILES string of the molecule is CCC1CSC(=NCC(C)N(C)C2CC2)N1. The molecule has 1 aliphatic heterocycles. The maximum Gasteiger partial charge on any atom is 0.156 e. The molecule has 16 heavy (non-hydrogen) atoms. The van der Waals surface area contributed by atoms with E-state index in [-0.39, 0.29) is 0 Å².